The molecule has 2 unspecified atom stereocenters. The molecule has 0 bridgehead atoms. The molecule has 0 amide bonds. The van der Waals surface area contributed by atoms with E-state index >= 15 is 0 Å². The van der Waals surface area contributed by atoms with Crippen molar-refractivity contribution in [3.05, 3.63) is 33.8 Å². The number of nitrogens with zero attached hydrogens (tertiary/aromatic N) is 1. The number of hydrogen-bond acceptors (Lipinski definition) is 3. The Morgan fingerprint density at radius 2 is 2.30 bits per heavy atom. The van der Waals surface area contributed by atoms with Gasteiger partial charge in [-0.15, -0.1) is 0 Å². The van der Waals surface area contributed by atoms with E-state index in [-0.39, 0.29) is 6.04 Å². The largest absolute Gasteiger partial charge is 0.377 e. The van der Waals surface area contributed by atoms with E-state index in [0.29, 0.717) is 12.6 Å². The molecule has 0 aromatic heterocycles. The van der Waals surface area contributed by atoms with Crippen molar-refractivity contribution in [1.29, 1.82) is 0 Å². The van der Waals surface area contributed by atoms with Crippen LogP contribution in [-0.2, 0) is 4.74 Å². The number of halogens is 1. The van der Waals surface area contributed by atoms with Crippen LogP contribution >= 0.6 is 15.9 Å². The molecule has 1 heterocycles. The molecule has 2 N–H and O–H groups in total. The maximum atomic E-state index is 6.06. The standard InChI is InChI=1S/C16H25BrN2O/c1-3-20-13-5-4-8-19(11-13)16(10-18)14-7-6-12(2)9-15(14)17/h6-7,9,13,16H,3-5,8,10-11,18H2,1-2H3. The summed E-state index contributed by atoms with van der Waals surface area (Å²) < 4.78 is 6.96. The molecule has 2 atom stereocenters. The zero-order valence-electron chi connectivity index (χ0n) is 12.4. The second kappa shape index (κ2) is 7.55. The lowest BCUT2D eigenvalue weighted by molar-refractivity contribution is -0.00668. The van der Waals surface area contributed by atoms with Crippen molar-refractivity contribution in [1.82, 2.24) is 4.90 Å². The molecular weight excluding hydrogens is 316 g/mol. The van der Waals surface area contributed by atoms with Gasteiger partial charge in [0.25, 0.3) is 0 Å². The number of hydrogen-bond donors (Lipinski definition) is 1. The topological polar surface area (TPSA) is 38.5 Å². The Morgan fingerprint density at radius 3 is 2.95 bits per heavy atom. The van der Waals surface area contributed by atoms with E-state index in [2.05, 4.69) is 52.9 Å². The molecule has 0 aliphatic carbocycles. The van der Waals surface area contributed by atoms with Gasteiger partial charge in [-0.2, -0.15) is 0 Å². The molecule has 1 aromatic carbocycles. The van der Waals surface area contributed by atoms with Crippen LogP contribution < -0.4 is 5.73 Å². The summed E-state index contributed by atoms with van der Waals surface area (Å²) in [6.45, 7) is 7.69. The van der Waals surface area contributed by atoms with Crippen LogP contribution in [0.3, 0.4) is 0 Å². The highest BCUT2D eigenvalue weighted by molar-refractivity contribution is 9.10. The van der Waals surface area contributed by atoms with Crippen LogP contribution in [0.5, 0.6) is 0 Å². The first-order valence-electron chi connectivity index (χ1n) is 7.47. The Labute approximate surface area is 130 Å². The maximum Gasteiger partial charge on any atom is 0.0702 e. The van der Waals surface area contributed by atoms with Crippen molar-refractivity contribution in [2.75, 3.05) is 26.2 Å². The summed E-state index contributed by atoms with van der Waals surface area (Å²) in [4.78, 5) is 2.47. The third kappa shape index (κ3) is 3.82. The first kappa shape index (κ1) is 16.0. The number of nitrogens with two attached hydrogens (primary N) is 1. The summed E-state index contributed by atoms with van der Waals surface area (Å²) in [6.07, 6.45) is 2.70. The van der Waals surface area contributed by atoms with Gasteiger partial charge in [0.05, 0.1) is 6.10 Å². The normalized spacial score (nSPS) is 21.9. The number of piperidine rings is 1. The second-order valence-corrected chi connectivity index (χ2v) is 6.35. The minimum absolute atomic E-state index is 0.272. The SMILES string of the molecule is CCOC1CCCN(C(CN)c2ccc(C)cc2Br)C1. The Balaban J connectivity index is 2.14. The average Bonchev–Trinajstić information content (AvgIpc) is 2.43. The van der Waals surface area contributed by atoms with E-state index in [0.717, 1.165) is 30.6 Å². The molecule has 3 nitrogen and oxygen atoms in total. The van der Waals surface area contributed by atoms with Gasteiger partial charge in [0, 0.05) is 30.2 Å². The van der Waals surface area contributed by atoms with Crippen molar-refractivity contribution in [3.63, 3.8) is 0 Å². The van der Waals surface area contributed by atoms with Gasteiger partial charge < -0.3 is 10.5 Å². The molecule has 20 heavy (non-hydrogen) atoms. The fourth-order valence-electron chi connectivity index (χ4n) is 3.00. The predicted molar refractivity (Wildman–Crippen MR) is 86.9 cm³/mol. The average molecular weight is 341 g/mol. The van der Waals surface area contributed by atoms with Gasteiger partial charge in [0.1, 0.15) is 0 Å². The molecule has 112 valence electrons. The Morgan fingerprint density at radius 1 is 1.50 bits per heavy atom. The van der Waals surface area contributed by atoms with Gasteiger partial charge in [-0.05, 0) is 50.4 Å². The third-order valence-corrected chi connectivity index (χ3v) is 4.68. The molecule has 1 aromatic rings. The van der Waals surface area contributed by atoms with Crippen LogP contribution in [0.1, 0.15) is 36.9 Å². The van der Waals surface area contributed by atoms with Gasteiger partial charge in [0.2, 0.25) is 0 Å². The van der Waals surface area contributed by atoms with Gasteiger partial charge in [-0.25, -0.2) is 0 Å². The molecule has 1 aliphatic heterocycles. The predicted octanol–water partition coefficient (Wildman–Crippen LogP) is 3.26. The molecule has 0 radical (unpaired) electrons. The molecule has 0 spiro atoms. The third-order valence-electron chi connectivity index (χ3n) is 3.99. The van der Waals surface area contributed by atoms with Crippen LogP contribution in [0.4, 0.5) is 0 Å². The van der Waals surface area contributed by atoms with E-state index in [1.54, 1.807) is 0 Å². The summed E-state index contributed by atoms with van der Waals surface area (Å²) in [6, 6.07) is 6.80. The number of benzene rings is 1. The Hall–Kier alpha value is -0.420. The highest BCUT2D eigenvalue weighted by Gasteiger charge is 2.27. The summed E-state index contributed by atoms with van der Waals surface area (Å²) in [5, 5.41) is 0. The molecule has 0 saturated carbocycles. The lowest BCUT2D eigenvalue weighted by Gasteiger charge is -2.38. The van der Waals surface area contributed by atoms with Crippen LogP contribution in [0.2, 0.25) is 0 Å². The molecule has 1 aliphatic rings. The van der Waals surface area contributed by atoms with Gasteiger partial charge >= 0.3 is 0 Å². The minimum atomic E-state index is 0.272. The van der Waals surface area contributed by atoms with Crippen LogP contribution in [0.15, 0.2) is 22.7 Å². The Kier molecular flexibility index (Phi) is 6.02. The van der Waals surface area contributed by atoms with Crippen molar-refractivity contribution < 1.29 is 4.74 Å². The molecule has 2 rings (SSSR count). The highest BCUT2D eigenvalue weighted by Crippen LogP contribution is 2.30. The minimum Gasteiger partial charge on any atom is -0.377 e. The summed E-state index contributed by atoms with van der Waals surface area (Å²) in [5.41, 5.74) is 8.61. The van der Waals surface area contributed by atoms with E-state index in [1.165, 1.54) is 17.5 Å². The van der Waals surface area contributed by atoms with Crippen molar-refractivity contribution >= 4 is 15.9 Å². The fraction of sp³-hybridized carbons (Fsp3) is 0.625. The van der Waals surface area contributed by atoms with Crippen LogP contribution in [-0.4, -0.2) is 37.2 Å². The van der Waals surface area contributed by atoms with E-state index in [4.69, 9.17) is 10.5 Å². The highest BCUT2D eigenvalue weighted by atomic mass is 79.9. The lowest BCUT2D eigenvalue weighted by Crippen LogP contribution is -2.44. The summed E-state index contributed by atoms with van der Waals surface area (Å²) in [5.74, 6) is 0. The van der Waals surface area contributed by atoms with Gasteiger partial charge in [-0.1, -0.05) is 28.1 Å². The van der Waals surface area contributed by atoms with Gasteiger partial charge in [-0.3, -0.25) is 4.90 Å². The Bertz CT molecular complexity index is 436. The van der Waals surface area contributed by atoms with Crippen LogP contribution in [0.25, 0.3) is 0 Å². The quantitative estimate of drug-likeness (QED) is 0.893. The number of ether oxygens (including phenoxy) is 1. The molecule has 1 saturated heterocycles. The van der Waals surface area contributed by atoms with Gasteiger partial charge in [0.15, 0.2) is 0 Å². The number of likely N-dealkylation sites (tertiary alicyclic amines) is 1. The summed E-state index contributed by atoms with van der Waals surface area (Å²) >= 11 is 3.69. The fourth-order valence-corrected chi connectivity index (χ4v) is 3.75. The van der Waals surface area contributed by atoms with E-state index < -0.39 is 0 Å². The van der Waals surface area contributed by atoms with Crippen LogP contribution in [0, 0.1) is 6.92 Å². The van der Waals surface area contributed by atoms with Crippen molar-refractivity contribution in [2.24, 2.45) is 5.73 Å². The van der Waals surface area contributed by atoms with Crippen molar-refractivity contribution in [3.8, 4) is 0 Å². The monoisotopic (exact) mass is 340 g/mol. The molecule has 1 fully saturated rings. The lowest BCUT2D eigenvalue weighted by atomic mass is 9.99. The summed E-state index contributed by atoms with van der Waals surface area (Å²) in [7, 11) is 0. The molecular formula is C16H25BrN2O. The number of rotatable bonds is 5. The first-order valence-corrected chi connectivity index (χ1v) is 8.26. The van der Waals surface area contributed by atoms with E-state index in [1.807, 2.05) is 0 Å². The zero-order valence-corrected chi connectivity index (χ0v) is 14.0. The first-order chi connectivity index (χ1) is 9.65. The maximum absolute atomic E-state index is 6.06. The zero-order chi connectivity index (χ0) is 14.5. The van der Waals surface area contributed by atoms with Crippen molar-refractivity contribution in [2.45, 2.75) is 38.8 Å². The van der Waals surface area contributed by atoms with E-state index in [9.17, 15) is 0 Å². The molecule has 4 heteroatoms. The second-order valence-electron chi connectivity index (χ2n) is 5.49. The number of aryl methyl sites for hydroxylation is 1. The smallest absolute Gasteiger partial charge is 0.0702 e.